The zero-order chi connectivity index (χ0) is 21.4. The molecule has 0 radical (unpaired) electrons. The monoisotopic (exact) mass is 407 g/mol. The molecule has 2 aromatic carbocycles. The summed E-state index contributed by atoms with van der Waals surface area (Å²) in [5.41, 5.74) is 6.42. The molecular formula is C22H15F2N3O3. The summed E-state index contributed by atoms with van der Waals surface area (Å²) < 4.78 is 28.6. The molecule has 8 heteroatoms. The van der Waals surface area contributed by atoms with Crippen LogP contribution in [0.15, 0.2) is 66.9 Å². The molecular weight excluding hydrogens is 392 g/mol. The SMILES string of the molecule is Nc1c(C(=O)Nc2cccc(O)c2)c2ccccn2c1C(=O)c1cc(F)cc(F)c1. The van der Waals surface area contributed by atoms with Crippen LogP contribution in [-0.4, -0.2) is 21.2 Å². The molecule has 4 N–H and O–H groups in total. The Balaban J connectivity index is 1.84. The van der Waals surface area contributed by atoms with E-state index in [1.165, 1.54) is 22.7 Å². The number of halogens is 2. The van der Waals surface area contributed by atoms with Gasteiger partial charge in [0.25, 0.3) is 5.91 Å². The highest BCUT2D eigenvalue weighted by molar-refractivity contribution is 6.20. The second-order valence-electron chi connectivity index (χ2n) is 6.58. The van der Waals surface area contributed by atoms with Gasteiger partial charge >= 0.3 is 0 Å². The first kappa shape index (κ1) is 19.1. The van der Waals surface area contributed by atoms with Crippen LogP contribution in [0.4, 0.5) is 20.2 Å². The molecule has 4 aromatic rings. The zero-order valence-corrected chi connectivity index (χ0v) is 15.4. The van der Waals surface area contributed by atoms with Crippen molar-refractivity contribution in [2.75, 3.05) is 11.1 Å². The van der Waals surface area contributed by atoms with Crippen LogP contribution in [0, 0.1) is 11.6 Å². The van der Waals surface area contributed by atoms with Crippen molar-refractivity contribution in [1.29, 1.82) is 0 Å². The number of nitrogens with two attached hydrogens (primary N) is 1. The number of nitrogen functional groups attached to an aromatic ring is 1. The number of benzene rings is 2. The van der Waals surface area contributed by atoms with Gasteiger partial charge in [-0.25, -0.2) is 8.78 Å². The topological polar surface area (TPSA) is 96.8 Å². The molecule has 0 unspecified atom stereocenters. The molecule has 0 aliphatic heterocycles. The van der Waals surface area contributed by atoms with Gasteiger partial charge in [0.15, 0.2) is 0 Å². The minimum Gasteiger partial charge on any atom is -0.508 e. The number of hydrogen-bond donors (Lipinski definition) is 3. The van der Waals surface area contributed by atoms with Gasteiger partial charge in [-0.05, 0) is 36.4 Å². The molecule has 0 spiro atoms. The lowest BCUT2D eigenvalue weighted by Gasteiger charge is -2.06. The molecule has 0 atom stereocenters. The molecule has 2 aromatic heterocycles. The molecule has 0 aliphatic rings. The minimum absolute atomic E-state index is 0.0270. The number of nitrogens with one attached hydrogen (secondary N) is 1. The van der Waals surface area contributed by atoms with Crippen molar-refractivity contribution in [3.8, 4) is 5.75 Å². The van der Waals surface area contributed by atoms with E-state index in [4.69, 9.17) is 5.73 Å². The molecule has 0 aliphatic carbocycles. The summed E-state index contributed by atoms with van der Waals surface area (Å²) in [6.45, 7) is 0. The fourth-order valence-electron chi connectivity index (χ4n) is 3.30. The fraction of sp³-hybridized carbons (Fsp3) is 0. The molecule has 2 heterocycles. The molecule has 0 saturated heterocycles. The number of ketones is 1. The van der Waals surface area contributed by atoms with Crippen LogP contribution in [0.25, 0.3) is 5.52 Å². The van der Waals surface area contributed by atoms with Gasteiger partial charge in [-0.1, -0.05) is 12.1 Å². The number of phenols is 1. The van der Waals surface area contributed by atoms with Gasteiger partial charge in [-0.15, -0.1) is 0 Å². The Morgan fingerprint density at radius 1 is 0.967 bits per heavy atom. The highest BCUT2D eigenvalue weighted by atomic mass is 19.1. The molecule has 150 valence electrons. The van der Waals surface area contributed by atoms with E-state index >= 15 is 0 Å². The Labute approximate surface area is 169 Å². The summed E-state index contributed by atoms with van der Waals surface area (Å²) >= 11 is 0. The van der Waals surface area contributed by atoms with Crippen LogP contribution in [0.3, 0.4) is 0 Å². The molecule has 0 fully saturated rings. The van der Waals surface area contributed by atoms with Gasteiger partial charge in [0.2, 0.25) is 5.78 Å². The first-order chi connectivity index (χ1) is 14.3. The number of pyridine rings is 1. The molecule has 6 nitrogen and oxygen atoms in total. The van der Waals surface area contributed by atoms with Gasteiger partial charge in [0.05, 0.1) is 16.8 Å². The predicted octanol–water partition coefficient (Wildman–Crippen LogP) is 3.99. The number of aromatic nitrogens is 1. The summed E-state index contributed by atoms with van der Waals surface area (Å²) in [5, 5.41) is 12.2. The number of hydrogen-bond acceptors (Lipinski definition) is 4. The van der Waals surface area contributed by atoms with Gasteiger partial charge in [0, 0.05) is 29.6 Å². The van der Waals surface area contributed by atoms with E-state index in [2.05, 4.69) is 5.32 Å². The lowest BCUT2D eigenvalue weighted by Crippen LogP contribution is -2.14. The Kier molecular flexibility index (Phi) is 4.67. The van der Waals surface area contributed by atoms with Crippen LogP contribution >= 0.6 is 0 Å². The fourth-order valence-corrected chi connectivity index (χ4v) is 3.30. The van der Waals surface area contributed by atoms with Crippen LogP contribution in [0.5, 0.6) is 5.75 Å². The van der Waals surface area contributed by atoms with Gasteiger partial charge < -0.3 is 20.6 Å². The van der Waals surface area contributed by atoms with Crippen molar-refractivity contribution in [2.24, 2.45) is 0 Å². The minimum atomic E-state index is -0.903. The van der Waals surface area contributed by atoms with E-state index in [9.17, 15) is 23.5 Å². The van der Waals surface area contributed by atoms with Crippen molar-refractivity contribution in [3.63, 3.8) is 0 Å². The van der Waals surface area contributed by atoms with E-state index in [0.717, 1.165) is 12.1 Å². The number of phenolic OH excluding ortho intramolecular Hbond substituents is 1. The largest absolute Gasteiger partial charge is 0.508 e. The molecule has 0 saturated carbocycles. The number of anilines is 2. The molecule has 30 heavy (non-hydrogen) atoms. The number of aromatic hydroxyl groups is 1. The van der Waals surface area contributed by atoms with Crippen molar-refractivity contribution in [2.45, 2.75) is 0 Å². The Morgan fingerprint density at radius 2 is 1.70 bits per heavy atom. The first-order valence-corrected chi connectivity index (χ1v) is 8.85. The van der Waals surface area contributed by atoms with Crippen LogP contribution in [0.1, 0.15) is 26.4 Å². The van der Waals surface area contributed by atoms with Gasteiger partial charge in [0.1, 0.15) is 23.1 Å². The van der Waals surface area contributed by atoms with E-state index in [1.54, 1.807) is 30.3 Å². The summed E-state index contributed by atoms with van der Waals surface area (Å²) in [4.78, 5) is 25.9. The number of amides is 1. The van der Waals surface area contributed by atoms with E-state index < -0.39 is 23.3 Å². The predicted molar refractivity (Wildman–Crippen MR) is 108 cm³/mol. The van der Waals surface area contributed by atoms with Crippen LogP contribution in [-0.2, 0) is 0 Å². The highest BCUT2D eigenvalue weighted by Gasteiger charge is 2.26. The number of carbonyl (C=O) groups excluding carboxylic acids is 2. The third-order valence-corrected chi connectivity index (χ3v) is 4.55. The third kappa shape index (κ3) is 3.35. The maximum absolute atomic E-state index is 13.6. The van der Waals surface area contributed by atoms with Crippen molar-refractivity contribution in [1.82, 2.24) is 4.40 Å². The maximum Gasteiger partial charge on any atom is 0.259 e. The average molecular weight is 407 g/mol. The normalized spacial score (nSPS) is 10.9. The van der Waals surface area contributed by atoms with E-state index in [1.807, 2.05) is 0 Å². The van der Waals surface area contributed by atoms with Crippen LogP contribution < -0.4 is 11.1 Å². The van der Waals surface area contributed by atoms with Gasteiger partial charge in [-0.2, -0.15) is 0 Å². The lowest BCUT2D eigenvalue weighted by molar-refractivity contribution is 0.102. The van der Waals surface area contributed by atoms with E-state index in [-0.39, 0.29) is 28.3 Å². The third-order valence-electron chi connectivity index (χ3n) is 4.55. The first-order valence-electron chi connectivity index (χ1n) is 8.85. The maximum atomic E-state index is 13.6. The number of carbonyl (C=O) groups is 2. The highest BCUT2D eigenvalue weighted by Crippen LogP contribution is 2.30. The summed E-state index contributed by atoms with van der Waals surface area (Å²) in [6.07, 6.45) is 1.53. The second kappa shape index (κ2) is 7.32. The second-order valence-corrected chi connectivity index (χ2v) is 6.58. The van der Waals surface area contributed by atoms with Crippen molar-refractivity contribution < 1.29 is 23.5 Å². The zero-order valence-electron chi connectivity index (χ0n) is 15.4. The molecule has 0 bridgehead atoms. The van der Waals surface area contributed by atoms with Gasteiger partial charge in [-0.3, -0.25) is 9.59 Å². The summed E-state index contributed by atoms with van der Waals surface area (Å²) in [7, 11) is 0. The average Bonchev–Trinajstić information content (AvgIpc) is 2.98. The number of fused-ring (bicyclic) bond motifs is 1. The van der Waals surface area contributed by atoms with Crippen LogP contribution in [0.2, 0.25) is 0 Å². The molecule has 1 amide bonds. The Morgan fingerprint density at radius 3 is 2.40 bits per heavy atom. The quantitative estimate of drug-likeness (QED) is 0.446. The Bertz CT molecular complexity index is 1290. The number of nitrogens with zero attached hydrogens (tertiary/aromatic N) is 1. The van der Waals surface area contributed by atoms with E-state index in [0.29, 0.717) is 17.3 Å². The lowest BCUT2D eigenvalue weighted by atomic mass is 10.1. The summed E-state index contributed by atoms with van der Waals surface area (Å²) in [5.74, 6) is -3.18. The standard InChI is InChI=1S/C22H15F2N3O3/c23-13-8-12(9-14(24)10-13)21(29)20-19(25)18(17-6-1-2-7-27(17)20)22(30)26-15-4-3-5-16(28)11-15/h1-11,28H,25H2,(H,26,30). The number of rotatable bonds is 4. The smallest absolute Gasteiger partial charge is 0.259 e. The Hall–Kier alpha value is -4.20. The van der Waals surface area contributed by atoms with Crippen molar-refractivity contribution >= 4 is 28.6 Å². The summed E-state index contributed by atoms with van der Waals surface area (Å²) in [6, 6.07) is 13.3. The van der Waals surface area contributed by atoms with Crippen molar-refractivity contribution in [3.05, 3.63) is 95.3 Å². The molecule has 4 rings (SSSR count).